The van der Waals surface area contributed by atoms with E-state index in [9.17, 15) is 4.79 Å². The number of nitrogens with one attached hydrogen (secondary N) is 1. The summed E-state index contributed by atoms with van der Waals surface area (Å²) in [5, 5.41) is 3.36. The largest absolute Gasteiger partial charge is 0.496 e. The maximum absolute atomic E-state index is 11.9. The number of amides is 1. The second kappa shape index (κ2) is 6.20. The van der Waals surface area contributed by atoms with Crippen LogP contribution in [-0.2, 0) is 11.2 Å². The summed E-state index contributed by atoms with van der Waals surface area (Å²) >= 11 is 5.92. The van der Waals surface area contributed by atoms with Crippen LogP contribution >= 0.6 is 11.6 Å². The van der Waals surface area contributed by atoms with Gasteiger partial charge in [-0.2, -0.15) is 0 Å². The first kappa shape index (κ1) is 13.4. The lowest BCUT2D eigenvalue weighted by Crippen LogP contribution is -2.14. The van der Waals surface area contributed by atoms with E-state index in [0.717, 1.165) is 5.56 Å². The molecule has 0 saturated heterocycles. The van der Waals surface area contributed by atoms with Crippen LogP contribution in [0.15, 0.2) is 42.7 Å². The Kier molecular flexibility index (Phi) is 4.36. The van der Waals surface area contributed by atoms with Crippen LogP contribution in [0.2, 0.25) is 5.02 Å². The average molecular weight is 277 g/mol. The summed E-state index contributed by atoms with van der Waals surface area (Å²) in [6.07, 6.45) is 3.44. The van der Waals surface area contributed by atoms with Gasteiger partial charge >= 0.3 is 0 Å². The van der Waals surface area contributed by atoms with E-state index < -0.39 is 0 Å². The molecule has 1 aromatic heterocycles. The topological polar surface area (TPSA) is 51.2 Å². The van der Waals surface area contributed by atoms with E-state index in [4.69, 9.17) is 16.3 Å². The highest BCUT2D eigenvalue weighted by Gasteiger charge is 2.09. The van der Waals surface area contributed by atoms with E-state index in [0.29, 0.717) is 16.5 Å². The molecule has 0 aliphatic heterocycles. The third kappa shape index (κ3) is 3.69. The quantitative estimate of drug-likeness (QED) is 0.934. The Morgan fingerprint density at radius 2 is 2.05 bits per heavy atom. The highest BCUT2D eigenvalue weighted by molar-refractivity contribution is 6.30. The van der Waals surface area contributed by atoms with Crippen LogP contribution in [0.1, 0.15) is 5.56 Å². The SMILES string of the molecule is COc1ccc(Cl)cc1CC(=O)Nc1ccncc1. The highest BCUT2D eigenvalue weighted by Crippen LogP contribution is 2.23. The zero-order chi connectivity index (χ0) is 13.7. The van der Waals surface area contributed by atoms with Crippen molar-refractivity contribution in [3.05, 3.63) is 53.3 Å². The van der Waals surface area contributed by atoms with Gasteiger partial charge in [0.1, 0.15) is 5.75 Å². The van der Waals surface area contributed by atoms with E-state index in [1.807, 2.05) is 0 Å². The summed E-state index contributed by atoms with van der Waals surface area (Å²) in [4.78, 5) is 15.8. The molecule has 0 spiro atoms. The van der Waals surface area contributed by atoms with Crippen molar-refractivity contribution in [2.24, 2.45) is 0 Å². The summed E-state index contributed by atoms with van der Waals surface area (Å²) in [6.45, 7) is 0. The predicted molar refractivity (Wildman–Crippen MR) is 74.6 cm³/mol. The Labute approximate surface area is 116 Å². The standard InChI is InChI=1S/C14H13ClN2O2/c1-19-13-3-2-11(15)8-10(13)9-14(18)17-12-4-6-16-7-5-12/h2-8H,9H2,1H3,(H,16,17,18). The van der Waals surface area contributed by atoms with E-state index >= 15 is 0 Å². The van der Waals surface area contributed by atoms with Crippen molar-refractivity contribution in [3.63, 3.8) is 0 Å². The third-order valence-electron chi connectivity index (χ3n) is 2.56. The number of carbonyl (C=O) groups is 1. The number of halogens is 1. The number of aromatic nitrogens is 1. The van der Waals surface area contributed by atoms with Crippen molar-refractivity contribution in [3.8, 4) is 5.75 Å². The minimum Gasteiger partial charge on any atom is -0.496 e. The van der Waals surface area contributed by atoms with Crippen LogP contribution in [-0.4, -0.2) is 18.0 Å². The molecule has 0 radical (unpaired) electrons. The molecule has 5 heteroatoms. The lowest BCUT2D eigenvalue weighted by atomic mass is 10.1. The molecule has 0 bridgehead atoms. The zero-order valence-corrected chi connectivity index (χ0v) is 11.1. The normalized spacial score (nSPS) is 10.0. The number of hydrogen-bond donors (Lipinski definition) is 1. The van der Waals surface area contributed by atoms with Gasteiger partial charge in [0.15, 0.2) is 0 Å². The number of nitrogens with zero attached hydrogens (tertiary/aromatic N) is 1. The number of pyridine rings is 1. The molecule has 0 fully saturated rings. The lowest BCUT2D eigenvalue weighted by Gasteiger charge is -2.09. The van der Waals surface area contributed by atoms with Crippen molar-refractivity contribution >= 4 is 23.2 Å². The molecule has 19 heavy (non-hydrogen) atoms. The monoisotopic (exact) mass is 276 g/mol. The first-order valence-electron chi connectivity index (χ1n) is 5.71. The van der Waals surface area contributed by atoms with Gasteiger partial charge in [-0.25, -0.2) is 0 Å². The van der Waals surface area contributed by atoms with Gasteiger partial charge in [-0.3, -0.25) is 9.78 Å². The van der Waals surface area contributed by atoms with Crippen molar-refractivity contribution in [1.82, 2.24) is 4.98 Å². The van der Waals surface area contributed by atoms with Crippen LogP contribution in [0.5, 0.6) is 5.75 Å². The molecule has 0 aliphatic carbocycles. The number of hydrogen-bond acceptors (Lipinski definition) is 3. The molecule has 2 aromatic rings. The number of anilines is 1. The number of carbonyl (C=O) groups excluding carboxylic acids is 1. The van der Waals surface area contributed by atoms with Crippen molar-refractivity contribution in [1.29, 1.82) is 0 Å². The van der Waals surface area contributed by atoms with E-state index in [1.54, 1.807) is 49.8 Å². The van der Waals surface area contributed by atoms with Gasteiger partial charge in [-0.15, -0.1) is 0 Å². The van der Waals surface area contributed by atoms with E-state index in [2.05, 4.69) is 10.3 Å². The van der Waals surface area contributed by atoms with Gasteiger partial charge in [0.2, 0.25) is 5.91 Å². The molecule has 0 saturated carbocycles. The van der Waals surface area contributed by atoms with Gasteiger partial charge in [-0.1, -0.05) is 11.6 Å². The minimum absolute atomic E-state index is 0.133. The predicted octanol–water partition coefficient (Wildman–Crippen LogP) is 2.92. The summed E-state index contributed by atoms with van der Waals surface area (Å²) in [6, 6.07) is 8.66. The molecule has 0 aliphatic rings. The summed E-state index contributed by atoms with van der Waals surface area (Å²) < 4.78 is 5.20. The fraction of sp³-hybridized carbons (Fsp3) is 0.143. The maximum atomic E-state index is 11.9. The number of rotatable bonds is 4. The number of methoxy groups -OCH3 is 1. The van der Waals surface area contributed by atoms with Crippen molar-refractivity contribution in [2.75, 3.05) is 12.4 Å². The second-order valence-corrected chi connectivity index (χ2v) is 4.35. The van der Waals surface area contributed by atoms with E-state index in [-0.39, 0.29) is 12.3 Å². The molecule has 1 heterocycles. The van der Waals surface area contributed by atoms with Crippen molar-refractivity contribution in [2.45, 2.75) is 6.42 Å². The van der Waals surface area contributed by atoms with Crippen LogP contribution in [0.3, 0.4) is 0 Å². The lowest BCUT2D eigenvalue weighted by molar-refractivity contribution is -0.115. The van der Waals surface area contributed by atoms with Gasteiger partial charge in [0.25, 0.3) is 0 Å². The molecule has 98 valence electrons. The summed E-state index contributed by atoms with van der Waals surface area (Å²) in [5.41, 5.74) is 1.46. The molecule has 1 N–H and O–H groups in total. The summed E-state index contributed by atoms with van der Waals surface area (Å²) in [7, 11) is 1.56. The summed E-state index contributed by atoms with van der Waals surface area (Å²) in [5.74, 6) is 0.515. The smallest absolute Gasteiger partial charge is 0.228 e. The first-order chi connectivity index (χ1) is 9.19. The Morgan fingerprint density at radius 3 is 2.74 bits per heavy atom. The Morgan fingerprint density at radius 1 is 1.32 bits per heavy atom. The van der Waals surface area contributed by atoms with Gasteiger partial charge < -0.3 is 10.1 Å². The van der Waals surface area contributed by atoms with Crippen LogP contribution < -0.4 is 10.1 Å². The van der Waals surface area contributed by atoms with Gasteiger partial charge in [0.05, 0.1) is 13.5 Å². The van der Waals surface area contributed by atoms with Crippen LogP contribution in [0.4, 0.5) is 5.69 Å². The maximum Gasteiger partial charge on any atom is 0.228 e. The highest BCUT2D eigenvalue weighted by atomic mass is 35.5. The number of benzene rings is 1. The van der Waals surface area contributed by atoms with Crippen molar-refractivity contribution < 1.29 is 9.53 Å². The Bertz CT molecular complexity index is 573. The molecule has 0 atom stereocenters. The van der Waals surface area contributed by atoms with Crippen LogP contribution in [0.25, 0.3) is 0 Å². The fourth-order valence-corrected chi connectivity index (χ4v) is 1.89. The van der Waals surface area contributed by atoms with Gasteiger partial charge in [-0.05, 0) is 30.3 Å². The molecule has 1 aromatic carbocycles. The first-order valence-corrected chi connectivity index (χ1v) is 6.09. The number of ether oxygens (including phenoxy) is 1. The Balaban J connectivity index is 2.09. The second-order valence-electron chi connectivity index (χ2n) is 3.92. The molecule has 0 unspecified atom stereocenters. The minimum atomic E-state index is -0.133. The molecule has 2 rings (SSSR count). The van der Waals surface area contributed by atoms with Crippen LogP contribution in [0, 0.1) is 0 Å². The van der Waals surface area contributed by atoms with E-state index in [1.165, 1.54) is 0 Å². The van der Waals surface area contributed by atoms with Gasteiger partial charge in [0, 0.05) is 28.7 Å². The third-order valence-corrected chi connectivity index (χ3v) is 2.79. The fourth-order valence-electron chi connectivity index (χ4n) is 1.70. The molecule has 1 amide bonds. The molecular formula is C14H13ClN2O2. The average Bonchev–Trinajstić information content (AvgIpc) is 2.40. The Hall–Kier alpha value is -2.07. The molecular weight excluding hydrogens is 264 g/mol. The zero-order valence-electron chi connectivity index (χ0n) is 10.4. The molecule has 4 nitrogen and oxygen atoms in total.